The Balaban J connectivity index is 0.000000295. The van der Waals surface area contributed by atoms with Gasteiger partial charge in [-0.05, 0) is 126 Å². The smallest absolute Gasteiger partial charge is 0.159 e. The van der Waals surface area contributed by atoms with E-state index in [4.69, 9.17) is 0 Å². The molecule has 0 radical (unpaired) electrons. The molecule has 332 valence electrons. The second-order valence-electron chi connectivity index (χ2n) is 14.2. The average Bonchev–Trinajstić information content (AvgIpc) is 3.31. The van der Waals surface area contributed by atoms with Crippen LogP contribution in [0.1, 0.15) is 101 Å². The third-order valence-electron chi connectivity index (χ3n) is 9.12. The summed E-state index contributed by atoms with van der Waals surface area (Å²) in [6.07, 6.45) is 0. The Morgan fingerprint density at radius 2 is 0.469 bits per heavy atom. The summed E-state index contributed by atoms with van der Waals surface area (Å²) in [6, 6.07) is 41.6. The highest BCUT2D eigenvalue weighted by Crippen LogP contribution is 2.30. The van der Waals surface area contributed by atoms with Crippen molar-refractivity contribution in [3.05, 3.63) is 167 Å². The van der Waals surface area contributed by atoms with Crippen molar-refractivity contribution in [2.45, 2.75) is 111 Å². The van der Waals surface area contributed by atoms with E-state index in [0.717, 1.165) is 113 Å². The van der Waals surface area contributed by atoms with E-state index in [-0.39, 0.29) is 0 Å². The van der Waals surface area contributed by atoms with Gasteiger partial charge in [0.25, 0.3) is 0 Å². The minimum absolute atomic E-state index is 0.758. The standard InChI is InChI=1S/2C24H22N4.4C2H6/c1-15-11-23(27-17(3)25-15)21-9-5-7-19(13-21)20-8-6-10-22(14-20)24-12-16(2)26-18(4)28-24;1-15-11-16(2)26-23(25-15)21-9-5-7-19(13-21)20-8-6-10-22(14-20)24-27-17(3)12-18(4)28-24;4*1-2/h2*5-14H,1-4H3;4*1-2H3. The molecule has 0 bridgehead atoms. The van der Waals surface area contributed by atoms with Crippen molar-refractivity contribution in [3.63, 3.8) is 0 Å². The van der Waals surface area contributed by atoms with E-state index in [2.05, 4.69) is 125 Å². The summed E-state index contributed by atoms with van der Waals surface area (Å²) in [5, 5.41) is 0. The first kappa shape index (κ1) is 51.5. The molecule has 8 rings (SSSR count). The van der Waals surface area contributed by atoms with Crippen molar-refractivity contribution < 1.29 is 0 Å². The summed E-state index contributed by atoms with van der Waals surface area (Å²) in [7, 11) is 0. The molecule has 8 aromatic rings. The minimum Gasteiger partial charge on any atom is -0.239 e. The van der Waals surface area contributed by atoms with Crippen LogP contribution in [-0.4, -0.2) is 39.9 Å². The van der Waals surface area contributed by atoms with E-state index in [0.29, 0.717) is 0 Å². The maximum atomic E-state index is 4.60. The molecule has 0 saturated heterocycles. The summed E-state index contributed by atoms with van der Waals surface area (Å²) in [5.74, 6) is 3.09. The van der Waals surface area contributed by atoms with Crippen LogP contribution in [0.5, 0.6) is 0 Å². The quantitative estimate of drug-likeness (QED) is 0.163. The average molecular weight is 853 g/mol. The predicted octanol–water partition coefficient (Wildman–Crippen LogP) is 15.1. The van der Waals surface area contributed by atoms with Gasteiger partial charge in [-0.2, -0.15) is 0 Å². The zero-order valence-electron chi connectivity index (χ0n) is 41.1. The van der Waals surface area contributed by atoms with Gasteiger partial charge in [-0.15, -0.1) is 0 Å². The van der Waals surface area contributed by atoms with Crippen LogP contribution in [0.4, 0.5) is 0 Å². The van der Waals surface area contributed by atoms with Gasteiger partial charge in [-0.1, -0.05) is 128 Å². The molecule has 0 amide bonds. The first-order chi connectivity index (χ1) is 30.9. The van der Waals surface area contributed by atoms with Crippen LogP contribution in [0.3, 0.4) is 0 Å². The molecule has 0 N–H and O–H groups in total. The fourth-order valence-corrected chi connectivity index (χ4v) is 6.83. The van der Waals surface area contributed by atoms with Crippen LogP contribution in [0.2, 0.25) is 0 Å². The maximum Gasteiger partial charge on any atom is 0.159 e. The first-order valence-electron chi connectivity index (χ1n) is 22.7. The number of aromatic nitrogens is 8. The first-order valence-corrected chi connectivity index (χ1v) is 22.7. The van der Waals surface area contributed by atoms with Crippen LogP contribution in [-0.2, 0) is 0 Å². The Hall–Kier alpha value is -6.80. The molecule has 0 aliphatic rings. The normalized spacial score (nSPS) is 9.88. The predicted molar refractivity (Wildman–Crippen MR) is 271 cm³/mol. The number of hydrogen-bond donors (Lipinski definition) is 0. The largest absolute Gasteiger partial charge is 0.239 e. The number of benzene rings is 4. The van der Waals surface area contributed by atoms with Crippen molar-refractivity contribution in [1.82, 2.24) is 39.9 Å². The molecule has 4 aromatic heterocycles. The fraction of sp³-hybridized carbons (Fsp3) is 0.286. The molecule has 0 aliphatic carbocycles. The van der Waals surface area contributed by atoms with Crippen LogP contribution < -0.4 is 0 Å². The molecule has 4 heterocycles. The fourth-order valence-electron chi connectivity index (χ4n) is 6.83. The topological polar surface area (TPSA) is 103 Å². The summed E-state index contributed by atoms with van der Waals surface area (Å²) in [5.41, 5.74) is 16.5. The van der Waals surface area contributed by atoms with Crippen LogP contribution in [0.25, 0.3) is 67.5 Å². The number of hydrogen-bond acceptors (Lipinski definition) is 8. The van der Waals surface area contributed by atoms with Crippen molar-refractivity contribution in [2.24, 2.45) is 0 Å². The molecule has 0 unspecified atom stereocenters. The van der Waals surface area contributed by atoms with Gasteiger partial charge in [0, 0.05) is 56.4 Å². The monoisotopic (exact) mass is 853 g/mol. The molecule has 8 nitrogen and oxygen atoms in total. The van der Waals surface area contributed by atoms with E-state index in [1.54, 1.807) is 0 Å². The molecule has 0 atom stereocenters. The van der Waals surface area contributed by atoms with E-state index >= 15 is 0 Å². The van der Waals surface area contributed by atoms with Gasteiger partial charge in [0.2, 0.25) is 0 Å². The molecule has 0 fully saturated rings. The highest BCUT2D eigenvalue weighted by molar-refractivity contribution is 5.76. The number of rotatable bonds is 6. The van der Waals surface area contributed by atoms with Gasteiger partial charge >= 0.3 is 0 Å². The van der Waals surface area contributed by atoms with Crippen LogP contribution in [0.15, 0.2) is 121 Å². The van der Waals surface area contributed by atoms with Gasteiger partial charge in [-0.25, -0.2) is 39.9 Å². The Bertz CT molecular complexity index is 2250. The van der Waals surface area contributed by atoms with Crippen molar-refractivity contribution in [2.75, 3.05) is 0 Å². The zero-order valence-corrected chi connectivity index (χ0v) is 41.1. The van der Waals surface area contributed by atoms with Gasteiger partial charge < -0.3 is 0 Å². The number of nitrogens with zero attached hydrogens (tertiary/aromatic N) is 8. The third kappa shape index (κ3) is 14.7. The Morgan fingerprint density at radius 3 is 0.750 bits per heavy atom. The second-order valence-corrected chi connectivity index (χ2v) is 14.2. The molecule has 0 spiro atoms. The van der Waals surface area contributed by atoms with Gasteiger partial charge in [-0.3, -0.25) is 0 Å². The highest BCUT2D eigenvalue weighted by Gasteiger charge is 2.10. The van der Waals surface area contributed by atoms with Crippen LogP contribution in [0, 0.1) is 55.4 Å². The van der Waals surface area contributed by atoms with E-state index in [1.165, 1.54) is 0 Å². The molecular weight excluding hydrogens is 785 g/mol. The molecule has 64 heavy (non-hydrogen) atoms. The van der Waals surface area contributed by atoms with Crippen molar-refractivity contribution >= 4 is 0 Å². The lowest BCUT2D eigenvalue weighted by Gasteiger charge is -2.09. The Morgan fingerprint density at radius 1 is 0.234 bits per heavy atom. The Kier molecular flexibility index (Phi) is 20.9. The highest BCUT2D eigenvalue weighted by atomic mass is 14.9. The lowest BCUT2D eigenvalue weighted by molar-refractivity contribution is 1.02. The molecule has 0 aliphatic heterocycles. The Labute approximate surface area is 383 Å². The van der Waals surface area contributed by atoms with Gasteiger partial charge in [0.1, 0.15) is 11.6 Å². The van der Waals surface area contributed by atoms with Gasteiger partial charge in [0.15, 0.2) is 11.6 Å². The van der Waals surface area contributed by atoms with Crippen LogP contribution >= 0.6 is 0 Å². The molecule has 4 aromatic carbocycles. The zero-order chi connectivity index (χ0) is 47.3. The minimum atomic E-state index is 0.758. The lowest BCUT2D eigenvalue weighted by atomic mass is 9.98. The summed E-state index contributed by atoms with van der Waals surface area (Å²) in [4.78, 5) is 36.3. The molecular formula is C56H68N8. The molecule has 0 saturated carbocycles. The molecule has 8 heteroatoms. The third-order valence-corrected chi connectivity index (χ3v) is 9.12. The van der Waals surface area contributed by atoms with E-state index < -0.39 is 0 Å². The lowest BCUT2D eigenvalue weighted by Crippen LogP contribution is -1.95. The second kappa shape index (κ2) is 26.0. The van der Waals surface area contributed by atoms with Crippen molar-refractivity contribution in [1.29, 1.82) is 0 Å². The van der Waals surface area contributed by atoms with Gasteiger partial charge in [0.05, 0.1) is 11.4 Å². The number of aryl methyl sites for hydroxylation is 8. The summed E-state index contributed by atoms with van der Waals surface area (Å²) < 4.78 is 0. The SMILES string of the molecule is CC.CC.CC.CC.Cc1cc(-c2cccc(-c3cccc(-c4cc(C)nc(C)n4)c3)c2)nc(C)n1.Cc1cc(C)nc(-c2cccc(-c3cccc(-c4nc(C)cc(C)n4)c3)c2)n1. The van der Waals surface area contributed by atoms with Crippen molar-refractivity contribution in [3.8, 4) is 67.5 Å². The maximum absolute atomic E-state index is 4.60. The van der Waals surface area contributed by atoms with E-state index in [9.17, 15) is 0 Å². The summed E-state index contributed by atoms with van der Waals surface area (Å²) in [6.45, 7) is 31.8. The summed E-state index contributed by atoms with van der Waals surface area (Å²) >= 11 is 0. The van der Waals surface area contributed by atoms with E-state index in [1.807, 2.05) is 147 Å².